The lowest BCUT2D eigenvalue weighted by Crippen LogP contribution is -1.95. The third-order valence-corrected chi connectivity index (χ3v) is 5.09. The zero-order chi connectivity index (χ0) is 16.9. The first-order valence-electron chi connectivity index (χ1n) is 7.04. The summed E-state index contributed by atoms with van der Waals surface area (Å²) in [5, 5.41) is 12.2. The average Bonchev–Trinajstić information content (AvgIpc) is 3.14. The van der Waals surface area contributed by atoms with Crippen LogP contribution in [-0.4, -0.2) is 10.7 Å². The molecule has 2 heterocycles. The number of benzene rings is 1. The van der Waals surface area contributed by atoms with Crippen molar-refractivity contribution in [3.05, 3.63) is 59.2 Å². The second-order valence-electron chi connectivity index (χ2n) is 4.82. The molecule has 1 aromatic carbocycles. The quantitative estimate of drug-likeness (QED) is 0.478. The van der Waals surface area contributed by atoms with E-state index in [0.29, 0.717) is 16.3 Å². The SMILES string of the molecule is C#CCSc1nc(-c2cccs2)cc(-c2ccc(F)cc2)c1C#N. The normalized spacial score (nSPS) is 10.1. The van der Waals surface area contributed by atoms with Gasteiger partial charge in [0.1, 0.15) is 16.9 Å². The monoisotopic (exact) mass is 350 g/mol. The van der Waals surface area contributed by atoms with Crippen molar-refractivity contribution in [1.29, 1.82) is 5.26 Å². The van der Waals surface area contributed by atoms with Crippen molar-refractivity contribution in [2.45, 2.75) is 5.03 Å². The summed E-state index contributed by atoms with van der Waals surface area (Å²) in [6.07, 6.45) is 5.35. The molecule has 0 radical (unpaired) electrons. The Morgan fingerprint density at radius 2 is 2.04 bits per heavy atom. The number of terminal acetylenes is 1. The molecule has 24 heavy (non-hydrogen) atoms. The van der Waals surface area contributed by atoms with Crippen molar-refractivity contribution < 1.29 is 4.39 Å². The van der Waals surface area contributed by atoms with Crippen molar-refractivity contribution in [2.75, 3.05) is 5.75 Å². The Morgan fingerprint density at radius 1 is 1.25 bits per heavy atom. The molecule has 0 spiro atoms. The van der Waals surface area contributed by atoms with Gasteiger partial charge in [-0.25, -0.2) is 9.37 Å². The summed E-state index contributed by atoms with van der Waals surface area (Å²) >= 11 is 2.93. The van der Waals surface area contributed by atoms with Crippen LogP contribution in [0.5, 0.6) is 0 Å². The summed E-state index contributed by atoms with van der Waals surface area (Å²) in [4.78, 5) is 5.61. The van der Waals surface area contributed by atoms with Gasteiger partial charge in [-0.05, 0) is 35.2 Å². The molecule has 0 atom stereocenters. The van der Waals surface area contributed by atoms with Crippen molar-refractivity contribution in [1.82, 2.24) is 4.98 Å². The number of hydrogen-bond acceptors (Lipinski definition) is 4. The van der Waals surface area contributed by atoms with Crippen LogP contribution in [0.4, 0.5) is 4.39 Å². The molecule has 0 bridgehead atoms. The Balaban J connectivity index is 2.21. The second-order valence-corrected chi connectivity index (χ2v) is 6.74. The van der Waals surface area contributed by atoms with Gasteiger partial charge in [0.25, 0.3) is 0 Å². The number of thiophene rings is 1. The van der Waals surface area contributed by atoms with E-state index in [1.54, 1.807) is 23.5 Å². The zero-order valence-corrected chi connectivity index (χ0v) is 14.1. The molecule has 0 N–H and O–H groups in total. The molecule has 0 saturated heterocycles. The fraction of sp³-hybridized carbons (Fsp3) is 0.0526. The highest BCUT2D eigenvalue weighted by Gasteiger charge is 2.16. The van der Waals surface area contributed by atoms with Gasteiger partial charge in [0.2, 0.25) is 0 Å². The molecule has 5 heteroatoms. The number of nitriles is 1. The van der Waals surface area contributed by atoms with Crippen LogP contribution >= 0.6 is 23.1 Å². The van der Waals surface area contributed by atoms with E-state index in [9.17, 15) is 9.65 Å². The predicted octanol–water partition coefficient (Wildman–Crippen LogP) is 5.21. The molecule has 2 aromatic heterocycles. The average molecular weight is 350 g/mol. The highest BCUT2D eigenvalue weighted by atomic mass is 32.2. The van der Waals surface area contributed by atoms with Gasteiger partial charge >= 0.3 is 0 Å². The van der Waals surface area contributed by atoms with Gasteiger partial charge in [-0.2, -0.15) is 5.26 Å². The van der Waals surface area contributed by atoms with Crippen LogP contribution in [0.3, 0.4) is 0 Å². The van der Waals surface area contributed by atoms with Crippen molar-refractivity contribution in [2.24, 2.45) is 0 Å². The van der Waals surface area contributed by atoms with Gasteiger partial charge in [0, 0.05) is 5.56 Å². The van der Waals surface area contributed by atoms with Crippen LogP contribution in [0.25, 0.3) is 21.7 Å². The summed E-state index contributed by atoms with van der Waals surface area (Å²) in [6.45, 7) is 0. The molecule has 3 aromatic rings. The summed E-state index contributed by atoms with van der Waals surface area (Å²) in [6, 6.07) is 14.1. The molecule has 0 aliphatic carbocycles. The highest BCUT2D eigenvalue weighted by molar-refractivity contribution is 7.99. The first kappa shape index (κ1) is 16.3. The molecule has 0 fully saturated rings. The van der Waals surface area contributed by atoms with Gasteiger partial charge < -0.3 is 0 Å². The summed E-state index contributed by atoms with van der Waals surface area (Å²) in [5.41, 5.74) is 2.75. The zero-order valence-electron chi connectivity index (χ0n) is 12.5. The van der Waals surface area contributed by atoms with Crippen LogP contribution in [0.2, 0.25) is 0 Å². The van der Waals surface area contributed by atoms with E-state index in [4.69, 9.17) is 6.42 Å². The number of aromatic nitrogens is 1. The topological polar surface area (TPSA) is 36.7 Å². The summed E-state index contributed by atoms with van der Waals surface area (Å²) < 4.78 is 13.2. The number of hydrogen-bond donors (Lipinski definition) is 0. The fourth-order valence-electron chi connectivity index (χ4n) is 2.25. The maximum Gasteiger partial charge on any atom is 0.123 e. The standard InChI is InChI=1S/C19H11FN2S2/c1-2-9-24-19-16(12-21)15(13-5-7-14(20)8-6-13)11-17(22-19)18-4-3-10-23-18/h1,3-8,10-11H,9H2. The maximum atomic E-state index is 13.2. The fourth-order valence-corrected chi connectivity index (χ4v) is 3.62. The van der Waals surface area contributed by atoms with Gasteiger partial charge in [0.15, 0.2) is 0 Å². The number of rotatable bonds is 4. The lowest BCUT2D eigenvalue weighted by atomic mass is 10.0. The predicted molar refractivity (Wildman–Crippen MR) is 97.2 cm³/mol. The molecule has 2 nitrogen and oxygen atoms in total. The number of nitrogens with zero attached hydrogens (tertiary/aromatic N) is 2. The maximum absolute atomic E-state index is 13.2. The Kier molecular flexibility index (Phi) is 4.96. The van der Waals surface area contributed by atoms with Crippen LogP contribution in [0.1, 0.15) is 5.56 Å². The lowest BCUT2D eigenvalue weighted by Gasteiger charge is -2.11. The van der Waals surface area contributed by atoms with E-state index in [2.05, 4.69) is 17.0 Å². The van der Waals surface area contributed by atoms with Crippen molar-refractivity contribution in [3.63, 3.8) is 0 Å². The minimum atomic E-state index is -0.313. The number of halogens is 1. The van der Waals surface area contributed by atoms with E-state index in [1.165, 1.54) is 23.9 Å². The minimum absolute atomic E-state index is 0.313. The lowest BCUT2D eigenvalue weighted by molar-refractivity contribution is 0.628. The van der Waals surface area contributed by atoms with E-state index in [1.807, 2.05) is 23.6 Å². The molecule has 0 aliphatic rings. The molecule has 0 amide bonds. The number of pyridine rings is 1. The molecular formula is C19H11FN2S2. The number of thioether (sulfide) groups is 1. The third-order valence-electron chi connectivity index (χ3n) is 3.32. The van der Waals surface area contributed by atoms with E-state index >= 15 is 0 Å². The summed E-state index contributed by atoms with van der Waals surface area (Å²) in [7, 11) is 0. The first-order chi connectivity index (χ1) is 11.7. The molecule has 0 saturated carbocycles. The Hall–Kier alpha value is -2.60. The van der Waals surface area contributed by atoms with Gasteiger partial charge in [-0.3, -0.25) is 0 Å². The van der Waals surface area contributed by atoms with E-state index in [0.717, 1.165) is 21.7 Å². The van der Waals surface area contributed by atoms with Crippen LogP contribution in [0.15, 0.2) is 52.9 Å². The molecule has 0 unspecified atom stereocenters. The molecule has 3 rings (SSSR count). The van der Waals surface area contributed by atoms with Crippen molar-refractivity contribution >= 4 is 23.1 Å². The van der Waals surface area contributed by atoms with Crippen molar-refractivity contribution in [3.8, 4) is 40.1 Å². The largest absolute Gasteiger partial charge is 0.239 e. The van der Waals surface area contributed by atoms with Gasteiger partial charge in [-0.15, -0.1) is 17.8 Å². The Labute approximate surface area is 148 Å². The smallest absolute Gasteiger partial charge is 0.123 e. The summed E-state index contributed by atoms with van der Waals surface area (Å²) in [5.74, 6) is 2.67. The minimum Gasteiger partial charge on any atom is -0.239 e. The van der Waals surface area contributed by atoms with Gasteiger partial charge in [0.05, 0.1) is 21.9 Å². The second kappa shape index (κ2) is 7.31. The van der Waals surface area contributed by atoms with Crippen LogP contribution in [-0.2, 0) is 0 Å². The van der Waals surface area contributed by atoms with Gasteiger partial charge in [-0.1, -0.05) is 35.9 Å². The first-order valence-corrected chi connectivity index (χ1v) is 8.90. The molecular weight excluding hydrogens is 339 g/mol. The highest BCUT2D eigenvalue weighted by Crippen LogP contribution is 2.35. The molecule has 116 valence electrons. The Bertz CT molecular complexity index is 933. The third kappa shape index (κ3) is 3.33. The van der Waals surface area contributed by atoms with E-state index < -0.39 is 0 Å². The Morgan fingerprint density at radius 3 is 2.67 bits per heavy atom. The van der Waals surface area contributed by atoms with Crippen LogP contribution < -0.4 is 0 Å². The molecule has 0 aliphatic heterocycles. The van der Waals surface area contributed by atoms with Crippen LogP contribution in [0, 0.1) is 29.5 Å². The van der Waals surface area contributed by atoms with E-state index in [-0.39, 0.29) is 5.82 Å².